The zero-order valence-electron chi connectivity index (χ0n) is 13.9. The lowest BCUT2D eigenvalue weighted by atomic mass is 10.1. The number of benzene rings is 1. The lowest BCUT2D eigenvalue weighted by Gasteiger charge is -2.14. The average Bonchev–Trinajstić information content (AvgIpc) is 3.42. The molecule has 0 aromatic heterocycles. The lowest BCUT2D eigenvalue weighted by molar-refractivity contribution is -0.142. The van der Waals surface area contributed by atoms with Gasteiger partial charge in [-0.1, -0.05) is 12.1 Å². The molecule has 7 heteroatoms. The second-order valence-electron chi connectivity index (χ2n) is 5.90. The predicted octanol–water partition coefficient (Wildman–Crippen LogP) is 1.95. The number of nitrogens with one attached hydrogen (secondary N) is 2. The summed E-state index contributed by atoms with van der Waals surface area (Å²) in [5.74, 6) is -1.12. The largest absolute Gasteiger partial charge is 0.484 e. The standard InChI is InChI=1S/C18H22N2O5/c1-2-3-7-15(18(23)24)20-16(21)11-25-14-6-4-5-13(10-14)19-17(22)12-8-9-12/h2,4-6,10,12,15H,1,3,7-9,11H2,(H,19,22)(H,20,21)(H,23,24). The highest BCUT2D eigenvalue weighted by atomic mass is 16.5. The van der Waals surface area contributed by atoms with Crippen LogP contribution in [0.5, 0.6) is 5.75 Å². The summed E-state index contributed by atoms with van der Waals surface area (Å²) in [7, 11) is 0. The van der Waals surface area contributed by atoms with E-state index in [4.69, 9.17) is 9.84 Å². The Labute approximate surface area is 146 Å². The van der Waals surface area contributed by atoms with Gasteiger partial charge in [-0.2, -0.15) is 0 Å². The van der Waals surface area contributed by atoms with Gasteiger partial charge in [-0.25, -0.2) is 4.79 Å². The number of carbonyl (C=O) groups is 3. The number of aliphatic carboxylic acids is 1. The van der Waals surface area contributed by atoms with Crippen LogP contribution in [0.2, 0.25) is 0 Å². The molecular formula is C18H22N2O5. The van der Waals surface area contributed by atoms with Crippen molar-refractivity contribution in [2.75, 3.05) is 11.9 Å². The van der Waals surface area contributed by atoms with Gasteiger partial charge in [0.05, 0.1) is 0 Å². The van der Waals surface area contributed by atoms with Crippen molar-refractivity contribution >= 4 is 23.5 Å². The highest BCUT2D eigenvalue weighted by molar-refractivity contribution is 5.94. The smallest absolute Gasteiger partial charge is 0.326 e. The van der Waals surface area contributed by atoms with Crippen LogP contribution in [0.25, 0.3) is 0 Å². The van der Waals surface area contributed by atoms with Crippen molar-refractivity contribution in [3.8, 4) is 5.75 Å². The van der Waals surface area contributed by atoms with Crippen molar-refractivity contribution in [3.05, 3.63) is 36.9 Å². The molecule has 25 heavy (non-hydrogen) atoms. The Morgan fingerprint density at radius 2 is 2.12 bits per heavy atom. The van der Waals surface area contributed by atoms with Crippen LogP contribution >= 0.6 is 0 Å². The molecule has 7 nitrogen and oxygen atoms in total. The summed E-state index contributed by atoms with van der Waals surface area (Å²) in [5, 5.41) is 14.3. The van der Waals surface area contributed by atoms with Crippen LogP contribution in [-0.4, -0.2) is 35.5 Å². The van der Waals surface area contributed by atoms with E-state index >= 15 is 0 Å². The van der Waals surface area contributed by atoms with Gasteiger partial charge in [-0.15, -0.1) is 6.58 Å². The molecule has 0 radical (unpaired) electrons. The molecule has 0 bridgehead atoms. The second-order valence-corrected chi connectivity index (χ2v) is 5.90. The molecule has 1 saturated carbocycles. The molecule has 0 aliphatic heterocycles. The average molecular weight is 346 g/mol. The fourth-order valence-electron chi connectivity index (χ4n) is 2.18. The molecule has 0 saturated heterocycles. The van der Waals surface area contributed by atoms with Crippen LogP contribution in [0.4, 0.5) is 5.69 Å². The molecule has 0 heterocycles. The third-order valence-corrected chi connectivity index (χ3v) is 3.71. The molecule has 1 fully saturated rings. The Kier molecular flexibility index (Phi) is 6.56. The van der Waals surface area contributed by atoms with Crippen molar-refractivity contribution < 1.29 is 24.2 Å². The van der Waals surface area contributed by atoms with E-state index in [0.717, 1.165) is 12.8 Å². The van der Waals surface area contributed by atoms with Crippen molar-refractivity contribution in [2.24, 2.45) is 5.92 Å². The number of hydrogen-bond donors (Lipinski definition) is 3. The number of rotatable bonds is 10. The molecule has 2 amide bonds. The van der Waals surface area contributed by atoms with Gasteiger partial charge >= 0.3 is 5.97 Å². The number of amides is 2. The maximum absolute atomic E-state index is 11.9. The molecule has 3 N–H and O–H groups in total. The van der Waals surface area contributed by atoms with Crippen molar-refractivity contribution in [1.82, 2.24) is 5.32 Å². The molecule has 1 unspecified atom stereocenters. The van der Waals surface area contributed by atoms with Crippen molar-refractivity contribution in [3.63, 3.8) is 0 Å². The van der Waals surface area contributed by atoms with Gasteiger partial charge in [0.15, 0.2) is 6.61 Å². The van der Waals surface area contributed by atoms with Gasteiger partial charge in [0.2, 0.25) is 5.91 Å². The van der Waals surface area contributed by atoms with Crippen LogP contribution in [0.15, 0.2) is 36.9 Å². The normalized spacial score (nSPS) is 14.2. The van der Waals surface area contributed by atoms with E-state index in [9.17, 15) is 14.4 Å². The summed E-state index contributed by atoms with van der Waals surface area (Å²) in [6, 6.07) is 5.76. The number of allylic oxidation sites excluding steroid dienone is 1. The van der Waals surface area contributed by atoms with Crippen LogP contribution in [0.1, 0.15) is 25.7 Å². The van der Waals surface area contributed by atoms with Gasteiger partial charge in [0.1, 0.15) is 11.8 Å². The Balaban J connectivity index is 1.82. The number of carboxylic acid groups (broad SMARTS) is 1. The minimum Gasteiger partial charge on any atom is -0.484 e. The Hall–Kier alpha value is -2.83. The molecule has 1 atom stereocenters. The second kappa shape index (κ2) is 8.86. The summed E-state index contributed by atoms with van der Waals surface area (Å²) >= 11 is 0. The fourth-order valence-corrected chi connectivity index (χ4v) is 2.18. The first-order chi connectivity index (χ1) is 12.0. The van der Waals surface area contributed by atoms with Crippen LogP contribution in [0, 0.1) is 5.92 Å². The Bertz CT molecular complexity index is 655. The van der Waals surface area contributed by atoms with Gasteiger partial charge in [0, 0.05) is 17.7 Å². The maximum Gasteiger partial charge on any atom is 0.326 e. The number of carbonyl (C=O) groups excluding carboxylic acids is 2. The minimum absolute atomic E-state index is 0.0126. The molecule has 1 aliphatic rings. The minimum atomic E-state index is -1.10. The van der Waals surface area contributed by atoms with Crippen LogP contribution in [-0.2, 0) is 14.4 Å². The molecule has 0 spiro atoms. The third kappa shape index (κ3) is 6.29. The SMILES string of the molecule is C=CCCC(NC(=O)COc1cccc(NC(=O)C2CC2)c1)C(=O)O. The van der Waals surface area contributed by atoms with Crippen molar-refractivity contribution in [2.45, 2.75) is 31.7 Å². The first-order valence-electron chi connectivity index (χ1n) is 8.16. The number of hydrogen-bond acceptors (Lipinski definition) is 4. The van der Waals surface area contributed by atoms with Crippen LogP contribution < -0.4 is 15.4 Å². The topological polar surface area (TPSA) is 105 Å². The molecule has 1 aromatic rings. The summed E-state index contributed by atoms with van der Waals surface area (Å²) in [5.41, 5.74) is 0.601. The molecule has 1 aliphatic carbocycles. The van der Waals surface area contributed by atoms with E-state index in [1.807, 2.05) is 0 Å². The van der Waals surface area contributed by atoms with Gasteiger partial charge in [-0.05, 0) is 37.8 Å². The van der Waals surface area contributed by atoms with E-state index in [0.29, 0.717) is 17.9 Å². The molecular weight excluding hydrogens is 324 g/mol. The first kappa shape index (κ1) is 18.5. The third-order valence-electron chi connectivity index (χ3n) is 3.71. The fraction of sp³-hybridized carbons (Fsp3) is 0.389. The summed E-state index contributed by atoms with van der Waals surface area (Å²) < 4.78 is 5.37. The molecule has 134 valence electrons. The number of carboxylic acids is 1. The van der Waals surface area contributed by atoms with Gasteiger partial charge in [-0.3, -0.25) is 9.59 Å². The van der Waals surface area contributed by atoms with E-state index in [2.05, 4.69) is 17.2 Å². The van der Waals surface area contributed by atoms with E-state index < -0.39 is 17.9 Å². The maximum atomic E-state index is 11.9. The predicted molar refractivity (Wildman–Crippen MR) is 92.3 cm³/mol. The van der Waals surface area contributed by atoms with Crippen molar-refractivity contribution in [1.29, 1.82) is 0 Å². The lowest BCUT2D eigenvalue weighted by Crippen LogP contribution is -2.42. The zero-order chi connectivity index (χ0) is 18.2. The van der Waals surface area contributed by atoms with Gasteiger partial charge in [0.25, 0.3) is 5.91 Å². The number of anilines is 1. The quantitative estimate of drug-likeness (QED) is 0.562. The number of ether oxygens (including phenoxy) is 1. The van der Waals surface area contributed by atoms with E-state index in [1.165, 1.54) is 0 Å². The Morgan fingerprint density at radius 3 is 2.76 bits per heavy atom. The Morgan fingerprint density at radius 1 is 1.36 bits per heavy atom. The monoisotopic (exact) mass is 346 g/mol. The highest BCUT2D eigenvalue weighted by Crippen LogP contribution is 2.30. The summed E-state index contributed by atoms with van der Waals surface area (Å²) in [4.78, 5) is 34.7. The van der Waals surface area contributed by atoms with E-state index in [-0.39, 0.29) is 24.9 Å². The molecule has 2 rings (SSSR count). The summed E-state index contributed by atoms with van der Waals surface area (Å²) in [6.45, 7) is 3.22. The first-order valence-corrected chi connectivity index (χ1v) is 8.16. The van der Waals surface area contributed by atoms with Gasteiger partial charge < -0.3 is 20.5 Å². The van der Waals surface area contributed by atoms with Crippen LogP contribution in [0.3, 0.4) is 0 Å². The molecule has 1 aromatic carbocycles. The highest BCUT2D eigenvalue weighted by Gasteiger charge is 2.29. The van der Waals surface area contributed by atoms with E-state index in [1.54, 1.807) is 30.3 Å². The zero-order valence-corrected chi connectivity index (χ0v) is 13.9. The summed E-state index contributed by atoms with van der Waals surface area (Å²) in [6.07, 6.45) is 4.19.